The predicted octanol–water partition coefficient (Wildman–Crippen LogP) is 5.05. The Morgan fingerprint density at radius 2 is 2.20 bits per heavy atom. The van der Waals surface area contributed by atoms with Gasteiger partial charge in [0.25, 0.3) is 0 Å². The molecule has 2 N–H and O–H groups in total. The molecule has 7 heteroatoms. The summed E-state index contributed by atoms with van der Waals surface area (Å²) in [5.74, 6) is -0.461. The summed E-state index contributed by atoms with van der Waals surface area (Å²) in [6, 6.07) is 6.69. The highest BCUT2D eigenvalue weighted by Gasteiger charge is 2.21. The van der Waals surface area contributed by atoms with E-state index >= 15 is 0 Å². The Morgan fingerprint density at radius 1 is 1.40 bits per heavy atom. The molecule has 0 saturated carbocycles. The molecule has 3 rings (SSSR count). The van der Waals surface area contributed by atoms with Gasteiger partial charge in [0.1, 0.15) is 11.5 Å². The summed E-state index contributed by atoms with van der Waals surface area (Å²) in [6.07, 6.45) is 0. The van der Waals surface area contributed by atoms with E-state index < -0.39 is 5.82 Å². The van der Waals surface area contributed by atoms with Gasteiger partial charge in [-0.3, -0.25) is 0 Å². The fourth-order valence-electron chi connectivity index (χ4n) is 1.89. The molecule has 102 valence electrons. The van der Waals surface area contributed by atoms with E-state index in [1.54, 1.807) is 23.5 Å². The van der Waals surface area contributed by atoms with Gasteiger partial charge in [0, 0.05) is 16.5 Å². The Bertz CT molecular complexity index is 787. The van der Waals surface area contributed by atoms with Gasteiger partial charge in [0.15, 0.2) is 0 Å². The van der Waals surface area contributed by atoms with Crippen LogP contribution in [0.5, 0.6) is 0 Å². The van der Waals surface area contributed by atoms with Crippen molar-refractivity contribution in [2.45, 2.75) is 0 Å². The van der Waals surface area contributed by atoms with Crippen molar-refractivity contribution in [3.05, 3.63) is 43.4 Å². The smallest absolute Gasteiger partial charge is 0.230 e. The summed E-state index contributed by atoms with van der Waals surface area (Å²) in [7, 11) is 0. The number of nitrogens with zero attached hydrogens (tertiary/aromatic N) is 1. The van der Waals surface area contributed by atoms with Crippen LogP contribution in [-0.4, -0.2) is 5.16 Å². The van der Waals surface area contributed by atoms with Crippen LogP contribution >= 0.6 is 45.5 Å². The van der Waals surface area contributed by atoms with Crippen LogP contribution in [0.2, 0.25) is 5.02 Å². The van der Waals surface area contributed by atoms with E-state index in [2.05, 4.69) is 27.7 Å². The van der Waals surface area contributed by atoms with Crippen molar-refractivity contribution in [3.8, 4) is 22.4 Å². The van der Waals surface area contributed by atoms with E-state index in [0.29, 0.717) is 11.3 Å². The van der Waals surface area contributed by atoms with Crippen molar-refractivity contribution < 1.29 is 8.91 Å². The summed E-state index contributed by atoms with van der Waals surface area (Å²) < 4.78 is 20.3. The van der Waals surface area contributed by atoms with Crippen LogP contribution in [-0.2, 0) is 0 Å². The molecule has 0 fully saturated rings. The second-order valence-electron chi connectivity index (χ2n) is 4.01. The van der Waals surface area contributed by atoms with Gasteiger partial charge in [0.05, 0.1) is 13.5 Å². The molecule has 0 spiro atoms. The molecule has 0 atom stereocenters. The normalized spacial score (nSPS) is 10.9. The van der Waals surface area contributed by atoms with Gasteiger partial charge in [-0.15, -0.1) is 11.3 Å². The van der Waals surface area contributed by atoms with E-state index in [-0.39, 0.29) is 16.5 Å². The maximum absolute atomic E-state index is 14.2. The molecule has 0 aliphatic carbocycles. The summed E-state index contributed by atoms with van der Waals surface area (Å²) in [5, 5.41) is 5.90. The van der Waals surface area contributed by atoms with Gasteiger partial charge in [-0.05, 0) is 34.7 Å². The molecule has 0 aliphatic rings. The molecule has 20 heavy (non-hydrogen) atoms. The zero-order valence-electron chi connectivity index (χ0n) is 9.86. The quantitative estimate of drug-likeness (QED) is 0.590. The molecular formula is C13H7ClFIN2OS. The number of hydrogen-bond donors (Lipinski definition) is 1. The molecule has 3 aromatic rings. The first-order valence-corrected chi connectivity index (χ1v) is 7.85. The van der Waals surface area contributed by atoms with Crippen LogP contribution < -0.4 is 5.73 Å². The number of halogens is 3. The summed E-state index contributed by atoms with van der Waals surface area (Å²) in [5.41, 5.74) is 7.87. The van der Waals surface area contributed by atoms with Crippen LogP contribution in [0, 0.1) is 8.70 Å². The number of nitrogen functional groups attached to an aromatic ring is 1. The monoisotopic (exact) mass is 420 g/mol. The van der Waals surface area contributed by atoms with Crippen LogP contribution in [0.4, 0.5) is 10.3 Å². The average molecular weight is 421 g/mol. The highest BCUT2D eigenvalue weighted by atomic mass is 127. The Balaban J connectivity index is 2.24. The van der Waals surface area contributed by atoms with Gasteiger partial charge in [0.2, 0.25) is 5.88 Å². The molecule has 1 aromatic carbocycles. The van der Waals surface area contributed by atoms with E-state index in [1.807, 2.05) is 11.4 Å². The fraction of sp³-hybridized carbons (Fsp3) is 0. The minimum absolute atomic E-state index is 0.0361. The molecule has 2 aromatic heterocycles. The first-order chi connectivity index (χ1) is 9.58. The second kappa shape index (κ2) is 5.34. The van der Waals surface area contributed by atoms with Gasteiger partial charge >= 0.3 is 0 Å². The Hall–Kier alpha value is -1.12. The van der Waals surface area contributed by atoms with Crippen LogP contribution in [0.25, 0.3) is 22.4 Å². The lowest BCUT2D eigenvalue weighted by atomic mass is 10.0. The van der Waals surface area contributed by atoms with Gasteiger partial charge < -0.3 is 10.3 Å². The maximum Gasteiger partial charge on any atom is 0.230 e. The molecule has 0 radical (unpaired) electrons. The largest absolute Gasteiger partial charge is 0.367 e. The van der Waals surface area contributed by atoms with E-state index in [0.717, 1.165) is 8.45 Å². The molecule has 0 bridgehead atoms. The topological polar surface area (TPSA) is 52.0 Å². The number of aromatic nitrogens is 1. The third-order valence-corrected chi connectivity index (χ3v) is 4.86. The molecular weight excluding hydrogens is 414 g/mol. The van der Waals surface area contributed by atoms with Crippen LogP contribution in [0.3, 0.4) is 0 Å². The highest BCUT2D eigenvalue weighted by Crippen LogP contribution is 2.40. The first-order valence-electron chi connectivity index (χ1n) is 5.52. The van der Waals surface area contributed by atoms with Crippen molar-refractivity contribution >= 4 is 51.4 Å². The standard InChI is InChI=1S/C13H7ClFIN2OS/c14-8-3-1-2-7(11(8)15)10-12(18-19-13(10)17)6-4-9(16)20-5-6/h1-5H,17H2. The van der Waals surface area contributed by atoms with Crippen molar-refractivity contribution in [1.29, 1.82) is 0 Å². The van der Waals surface area contributed by atoms with Crippen LogP contribution in [0.15, 0.2) is 34.2 Å². The zero-order valence-corrected chi connectivity index (χ0v) is 13.6. The summed E-state index contributed by atoms with van der Waals surface area (Å²) in [4.78, 5) is 0. The van der Waals surface area contributed by atoms with Crippen molar-refractivity contribution in [2.24, 2.45) is 0 Å². The highest BCUT2D eigenvalue weighted by molar-refractivity contribution is 14.1. The number of hydrogen-bond acceptors (Lipinski definition) is 4. The number of benzene rings is 1. The van der Waals surface area contributed by atoms with Gasteiger partial charge in [-0.1, -0.05) is 28.9 Å². The molecule has 3 nitrogen and oxygen atoms in total. The molecule has 0 aliphatic heterocycles. The Labute approximate surface area is 136 Å². The minimum Gasteiger partial charge on any atom is -0.367 e. The van der Waals surface area contributed by atoms with Crippen molar-refractivity contribution in [2.75, 3.05) is 5.73 Å². The van der Waals surface area contributed by atoms with Crippen molar-refractivity contribution in [3.63, 3.8) is 0 Å². The fourth-order valence-corrected chi connectivity index (χ4v) is 3.40. The Morgan fingerprint density at radius 3 is 2.90 bits per heavy atom. The van der Waals surface area contributed by atoms with E-state index in [1.165, 1.54) is 6.07 Å². The summed E-state index contributed by atoms with van der Waals surface area (Å²) >= 11 is 9.59. The number of anilines is 1. The van der Waals surface area contributed by atoms with E-state index in [9.17, 15) is 4.39 Å². The third kappa shape index (κ3) is 2.32. The SMILES string of the molecule is Nc1onc(-c2csc(I)c2)c1-c1cccc(Cl)c1F. The number of thiophene rings is 1. The average Bonchev–Trinajstić information content (AvgIpc) is 2.99. The molecule has 2 heterocycles. The lowest BCUT2D eigenvalue weighted by molar-refractivity contribution is 0.439. The van der Waals surface area contributed by atoms with E-state index in [4.69, 9.17) is 21.9 Å². The minimum atomic E-state index is -0.532. The van der Waals surface area contributed by atoms with Gasteiger partial charge in [-0.25, -0.2) is 4.39 Å². The lowest BCUT2D eigenvalue weighted by Gasteiger charge is -2.04. The Kier molecular flexibility index (Phi) is 3.70. The first kappa shape index (κ1) is 13.8. The molecule has 0 unspecified atom stereocenters. The lowest BCUT2D eigenvalue weighted by Crippen LogP contribution is -1.91. The maximum atomic E-state index is 14.2. The summed E-state index contributed by atoms with van der Waals surface area (Å²) in [6.45, 7) is 0. The second-order valence-corrected chi connectivity index (χ2v) is 7.22. The molecule has 0 saturated heterocycles. The number of nitrogens with two attached hydrogens (primary N) is 1. The third-order valence-electron chi connectivity index (χ3n) is 2.78. The van der Waals surface area contributed by atoms with Gasteiger partial charge in [-0.2, -0.15) is 0 Å². The zero-order chi connectivity index (χ0) is 14.3. The van der Waals surface area contributed by atoms with Crippen molar-refractivity contribution in [1.82, 2.24) is 5.16 Å². The predicted molar refractivity (Wildman–Crippen MR) is 87.3 cm³/mol. The number of rotatable bonds is 2. The van der Waals surface area contributed by atoms with Crippen LogP contribution in [0.1, 0.15) is 0 Å². The molecule has 0 amide bonds.